The molecule has 0 spiro atoms. The molecule has 0 saturated carbocycles. The van der Waals surface area contributed by atoms with Crippen LogP contribution in [0.1, 0.15) is 49.9 Å². The zero-order valence-electron chi connectivity index (χ0n) is 15.1. The summed E-state index contributed by atoms with van der Waals surface area (Å²) in [6.45, 7) is 11.2. The van der Waals surface area contributed by atoms with E-state index in [1.165, 1.54) is 39.0 Å². The number of aryl methyl sites for hydroxylation is 1. The second kappa shape index (κ2) is 5.56. The fourth-order valence-electron chi connectivity index (χ4n) is 3.53. The van der Waals surface area contributed by atoms with Gasteiger partial charge in [0.1, 0.15) is 5.75 Å². The minimum absolute atomic E-state index is 0.0499. The fourth-order valence-corrected chi connectivity index (χ4v) is 3.53. The lowest BCUT2D eigenvalue weighted by Gasteiger charge is -2.26. The van der Waals surface area contributed by atoms with E-state index in [-0.39, 0.29) is 5.41 Å². The fraction of sp³-hybridized carbons (Fsp3) is 0.364. The van der Waals surface area contributed by atoms with Crippen molar-refractivity contribution in [1.82, 2.24) is 0 Å². The molecule has 120 valence electrons. The molecule has 1 aliphatic rings. The van der Waals surface area contributed by atoms with Crippen LogP contribution in [0.3, 0.4) is 0 Å². The number of hydrogen-bond acceptors (Lipinski definition) is 1. The average Bonchev–Trinajstić information content (AvgIpc) is 2.85. The van der Waals surface area contributed by atoms with E-state index in [0.29, 0.717) is 0 Å². The molecule has 1 heteroatoms. The number of rotatable bonds is 2. The summed E-state index contributed by atoms with van der Waals surface area (Å²) in [5, 5.41) is 0. The van der Waals surface area contributed by atoms with E-state index in [1.807, 2.05) is 0 Å². The van der Waals surface area contributed by atoms with Crippen molar-refractivity contribution in [2.24, 2.45) is 0 Å². The number of methoxy groups -OCH3 is 1. The van der Waals surface area contributed by atoms with Crippen molar-refractivity contribution in [3.63, 3.8) is 0 Å². The van der Waals surface area contributed by atoms with E-state index >= 15 is 0 Å². The van der Waals surface area contributed by atoms with Crippen molar-refractivity contribution in [3.05, 3.63) is 58.2 Å². The van der Waals surface area contributed by atoms with Crippen LogP contribution in [-0.4, -0.2) is 7.11 Å². The molecule has 0 radical (unpaired) electrons. The minimum Gasteiger partial charge on any atom is -0.496 e. The third kappa shape index (κ3) is 2.69. The van der Waals surface area contributed by atoms with Gasteiger partial charge in [0.05, 0.1) is 7.11 Å². The maximum absolute atomic E-state index is 5.94. The zero-order chi connectivity index (χ0) is 16.8. The lowest BCUT2D eigenvalue weighted by molar-refractivity contribution is 0.399. The maximum Gasteiger partial charge on any atom is 0.131 e. The van der Waals surface area contributed by atoms with Gasteiger partial charge in [-0.1, -0.05) is 62.8 Å². The van der Waals surface area contributed by atoms with Gasteiger partial charge in [-0.25, -0.2) is 0 Å². The molecule has 0 aromatic heterocycles. The van der Waals surface area contributed by atoms with Crippen molar-refractivity contribution in [2.45, 2.75) is 46.5 Å². The zero-order valence-corrected chi connectivity index (χ0v) is 15.1. The van der Waals surface area contributed by atoms with Gasteiger partial charge in [0.25, 0.3) is 0 Å². The van der Waals surface area contributed by atoms with Crippen molar-refractivity contribution >= 4 is 6.08 Å². The smallest absolute Gasteiger partial charge is 0.131 e. The molecule has 3 rings (SSSR count). The van der Waals surface area contributed by atoms with Crippen LogP contribution in [0.25, 0.3) is 17.2 Å². The van der Waals surface area contributed by atoms with Crippen LogP contribution in [0.2, 0.25) is 0 Å². The molecule has 0 fully saturated rings. The lowest BCUT2D eigenvalue weighted by Crippen LogP contribution is -2.14. The molecular weight excluding hydrogens is 280 g/mol. The quantitative estimate of drug-likeness (QED) is 0.668. The van der Waals surface area contributed by atoms with Crippen LogP contribution in [0, 0.1) is 6.92 Å². The Bertz CT molecular complexity index is 788. The summed E-state index contributed by atoms with van der Waals surface area (Å²) in [5.41, 5.74) is 9.34. The Hall–Kier alpha value is -2.02. The van der Waals surface area contributed by atoms with Crippen molar-refractivity contribution in [2.75, 3.05) is 7.11 Å². The molecule has 1 aliphatic carbocycles. The summed E-state index contributed by atoms with van der Waals surface area (Å²) >= 11 is 0. The molecule has 0 unspecified atom stereocenters. The number of hydrogen-bond donors (Lipinski definition) is 0. The Morgan fingerprint density at radius 2 is 1.74 bits per heavy atom. The summed E-state index contributed by atoms with van der Waals surface area (Å²) in [6.07, 6.45) is 3.37. The summed E-state index contributed by atoms with van der Waals surface area (Å²) < 4.78 is 5.94. The van der Waals surface area contributed by atoms with E-state index in [1.54, 1.807) is 7.11 Å². The predicted octanol–water partition coefficient (Wildman–Crippen LogP) is 5.93. The van der Waals surface area contributed by atoms with Crippen LogP contribution in [-0.2, 0) is 11.8 Å². The predicted molar refractivity (Wildman–Crippen MR) is 99.2 cm³/mol. The van der Waals surface area contributed by atoms with E-state index in [2.05, 4.69) is 71.0 Å². The first kappa shape index (κ1) is 15.9. The Morgan fingerprint density at radius 3 is 2.35 bits per heavy atom. The lowest BCUT2D eigenvalue weighted by atomic mass is 9.81. The molecule has 0 N–H and O–H groups in total. The minimum atomic E-state index is 0.0499. The first-order valence-corrected chi connectivity index (χ1v) is 8.30. The van der Waals surface area contributed by atoms with Gasteiger partial charge in [-0.2, -0.15) is 0 Å². The van der Waals surface area contributed by atoms with Crippen LogP contribution >= 0.6 is 0 Å². The number of ether oxygens (including phenoxy) is 1. The highest BCUT2D eigenvalue weighted by atomic mass is 16.5. The monoisotopic (exact) mass is 306 g/mol. The third-order valence-corrected chi connectivity index (χ3v) is 4.69. The first-order chi connectivity index (χ1) is 10.8. The Balaban J connectivity index is 2.41. The van der Waals surface area contributed by atoms with E-state index < -0.39 is 0 Å². The molecule has 0 aliphatic heterocycles. The highest BCUT2D eigenvalue weighted by Crippen LogP contribution is 2.46. The van der Waals surface area contributed by atoms with E-state index in [4.69, 9.17) is 4.74 Å². The van der Waals surface area contributed by atoms with Gasteiger partial charge in [0.15, 0.2) is 0 Å². The normalized spacial score (nSPS) is 13.7. The molecule has 0 amide bonds. The Morgan fingerprint density at radius 1 is 1.04 bits per heavy atom. The van der Waals surface area contributed by atoms with Crippen LogP contribution in [0.5, 0.6) is 5.75 Å². The molecule has 0 bridgehead atoms. The van der Waals surface area contributed by atoms with E-state index in [9.17, 15) is 0 Å². The SMILES string of the molecule is COc1c(C(C)(C)C)cc2c(c1-c1ccccc1C)C=C(C)C2. The van der Waals surface area contributed by atoms with Gasteiger partial charge in [-0.15, -0.1) is 0 Å². The number of allylic oxidation sites excluding steroid dienone is 1. The molecular formula is C22H26O. The molecule has 2 aromatic carbocycles. The topological polar surface area (TPSA) is 9.23 Å². The summed E-state index contributed by atoms with van der Waals surface area (Å²) in [4.78, 5) is 0. The molecule has 23 heavy (non-hydrogen) atoms. The first-order valence-electron chi connectivity index (χ1n) is 8.30. The van der Waals surface area contributed by atoms with Gasteiger partial charge in [-0.3, -0.25) is 0 Å². The van der Waals surface area contributed by atoms with Crippen molar-refractivity contribution in [3.8, 4) is 16.9 Å². The second-order valence-corrected chi connectivity index (χ2v) is 7.64. The van der Waals surface area contributed by atoms with Crippen molar-refractivity contribution in [1.29, 1.82) is 0 Å². The van der Waals surface area contributed by atoms with Crippen LogP contribution in [0.4, 0.5) is 0 Å². The van der Waals surface area contributed by atoms with Gasteiger partial charge in [-0.05, 0) is 47.9 Å². The van der Waals surface area contributed by atoms with Gasteiger partial charge >= 0.3 is 0 Å². The molecule has 2 aromatic rings. The van der Waals surface area contributed by atoms with Crippen LogP contribution < -0.4 is 4.74 Å². The summed E-state index contributed by atoms with van der Waals surface area (Å²) in [5.74, 6) is 1.02. The number of benzene rings is 2. The van der Waals surface area contributed by atoms with E-state index in [0.717, 1.165) is 12.2 Å². The van der Waals surface area contributed by atoms with Crippen LogP contribution in [0.15, 0.2) is 35.9 Å². The summed E-state index contributed by atoms with van der Waals surface area (Å²) in [6, 6.07) is 10.9. The maximum atomic E-state index is 5.94. The Labute approximate surface area is 140 Å². The molecule has 0 saturated heterocycles. The largest absolute Gasteiger partial charge is 0.496 e. The highest BCUT2D eigenvalue weighted by Gasteiger charge is 2.28. The molecule has 0 atom stereocenters. The number of fused-ring (bicyclic) bond motifs is 1. The summed E-state index contributed by atoms with van der Waals surface area (Å²) in [7, 11) is 1.80. The standard InChI is InChI=1S/C22H26O/c1-14-11-16-13-19(22(3,4)5)21(23-6)20(18(16)12-14)17-10-8-7-9-15(17)2/h7-10,12-13H,11H2,1-6H3. The van der Waals surface area contributed by atoms with Gasteiger partial charge in [0, 0.05) is 11.1 Å². The van der Waals surface area contributed by atoms with Gasteiger partial charge < -0.3 is 4.74 Å². The van der Waals surface area contributed by atoms with Crippen molar-refractivity contribution < 1.29 is 4.74 Å². The highest BCUT2D eigenvalue weighted by molar-refractivity contribution is 5.87. The molecule has 1 nitrogen and oxygen atoms in total. The second-order valence-electron chi connectivity index (χ2n) is 7.64. The Kier molecular flexibility index (Phi) is 3.83. The average molecular weight is 306 g/mol. The van der Waals surface area contributed by atoms with Gasteiger partial charge in [0.2, 0.25) is 0 Å². The third-order valence-electron chi connectivity index (χ3n) is 4.69. The molecule has 0 heterocycles.